The second-order valence-corrected chi connectivity index (χ2v) is 7.23. The van der Waals surface area contributed by atoms with Crippen molar-refractivity contribution < 1.29 is 14.3 Å². The monoisotopic (exact) mass is 386 g/mol. The molecule has 0 aliphatic rings. The predicted molar refractivity (Wildman–Crippen MR) is 109 cm³/mol. The van der Waals surface area contributed by atoms with Crippen LogP contribution in [0, 0.1) is 13.8 Å². The summed E-state index contributed by atoms with van der Waals surface area (Å²) >= 11 is 0. The minimum atomic E-state index is -0.149. The van der Waals surface area contributed by atoms with Crippen LogP contribution in [0.1, 0.15) is 37.2 Å². The molecule has 1 N–H and O–H groups in total. The third-order valence-electron chi connectivity index (χ3n) is 4.58. The third kappa shape index (κ3) is 5.34. The first kappa shape index (κ1) is 21.5. The smallest absolute Gasteiger partial charge is 0.239 e. The fourth-order valence-corrected chi connectivity index (χ4v) is 3.12. The number of likely N-dealkylation sites (N-methyl/N-ethyl adjacent to an activating group) is 1. The van der Waals surface area contributed by atoms with Gasteiger partial charge in [-0.25, -0.2) is 4.68 Å². The highest BCUT2D eigenvalue weighted by molar-refractivity contribution is 5.84. The summed E-state index contributed by atoms with van der Waals surface area (Å²) in [6.07, 6.45) is 0.910. The Morgan fingerprint density at radius 2 is 2.00 bits per heavy atom. The molecule has 0 saturated carbocycles. The zero-order valence-corrected chi connectivity index (χ0v) is 17.6. The van der Waals surface area contributed by atoms with Crippen molar-refractivity contribution in [3.05, 3.63) is 41.2 Å². The number of carbonyl (C=O) groups is 2. The van der Waals surface area contributed by atoms with Gasteiger partial charge in [-0.15, -0.1) is 0 Å². The molecule has 0 atom stereocenters. The summed E-state index contributed by atoms with van der Waals surface area (Å²) in [4.78, 5) is 25.7. The zero-order valence-electron chi connectivity index (χ0n) is 17.6. The number of benzene rings is 1. The van der Waals surface area contributed by atoms with Gasteiger partial charge in [0.1, 0.15) is 5.75 Å². The number of nitrogens with one attached hydrogen (secondary N) is 1. The lowest BCUT2D eigenvalue weighted by molar-refractivity contribution is -0.134. The average Bonchev–Trinajstić information content (AvgIpc) is 2.92. The summed E-state index contributed by atoms with van der Waals surface area (Å²) in [5.74, 6) is 0.555. The van der Waals surface area contributed by atoms with E-state index in [9.17, 15) is 9.59 Å². The lowest BCUT2D eigenvalue weighted by Gasteiger charge is -2.18. The third-order valence-corrected chi connectivity index (χ3v) is 4.58. The summed E-state index contributed by atoms with van der Waals surface area (Å²) in [7, 11) is 3.29. The number of methoxy groups -OCH3 is 1. The van der Waals surface area contributed by atoms with Crippen LogP contribution in [0.4, 0.5) is 0 Å². The Balaban J connectivity index is 2.05. The molecule has 7 nitrogen and oxygen atoms in total. The molecule has 2 aromatic rings. The first-order valence-electron chi connectivity index (χ1n) is 9.45. The fourth-order valence-electron chi connectivity index (χ4n) is 3.12. The van der Waals surface area contributed by atoms with Crippen LogP contribution in [0.15, 0.2) is 24.3 Å². The molecule has 0 aliphatic heterocycles. The summed E-state index contributed by atoms with van der Waals surface area (Å²) in [5.41, 5.74) is 3.86. The molecular weight excluding hydrogens is 356 g/mol. The Bertz CT molecular complexity index is 842. The van der Waals surface area contributed by atoms with Gasteiger partial charge in [0.2, 0.25) is 11.8 Å². The molecule has 0 aliphatic carbocycles. The van der Waals surface area contributed by atoms with Crippen molar-refractivity contribution in [1.29, 1.82) is 0 Å². The molecule has 2 rings (SSSR count). The quantitative estimate of drug-likeness (QED) is 0.756. The van der Waals surface area contributed by atoms with E-state index in [1.807, 2.05) is 56.6 Å². The molecule has 1 aromatic heterocycles. The first-order valence-corrected chi connectivity index (χ1v) is 9.45. The van der Waals surface area contributed by atoms with E-state index in [4.69, 9.17) is 4.74 Å². The van der Waals surface area contributed by atoms with E-state index in [1.54, 1.807) is 14.2 Å². The van der Waals surface area contributed by atoms with Crippen LogP contribution in [0.2, 0.25) is 0 Å². The van der Waals surface area contributed by atoms with E-state index in [0.717, 1.165) is 28.4 Å². The minimum Gasteiger partial charge on any atom is -0.497 e. The van der Waals surface area contributed by atoms with Crippen LogP contribution in [0.5, 0.6) is 5.75 Å². The van der Waals surface area contributed by atoms with E-state index in [2.05, 4.69) is 10.4 Å². The van der Waals surface area contributed by atoms with Gasteiger partial charge in [-0.2, -0.15) is 5.10 Å². The maximum absolute atomic E-state index is 12.4. The molecule has 0 saturated heterocycles. The Labute approximate surface area is 166 Å². The second-order valence-electron chi connectivity index (χ2n) is 7.23. The Morgan fingerprint density at radius 3 is 2.64 bits per heavy atom. The van der Waals surface area contributed by atoms with Crippen molar-refractivity contribution >= 4 is 11.8 Å². The van der Waals surface area contributed by atoms with Gasteiger partial charge in [-0.3, -0.25) is 9.59 Å². The number of hydrogen-bond acceptors (Lipinski definition) is 4. The highest BCUT2D eigenvalue weighted by Crippen LogP contribution is 2.22. The van der Waals surface area contributed by atoms with Gasteiger partial charge >= 0.3 is 0 Å². The lowest BCUT2D eigenvalue weighted by atomic mass is 10.1. The van der Waals surface area contributed by atoms with Gasteiger partial charge in [-0.1, -0.05) is 6.07 Å². The molecule has 1 aromatic carbocycles. The number of carbonyl (C=O) groups excluding carboxylic acids is 2. The number of aromatic nitrogens is 2. The standard InChI is InChI=1S/C21H30N4O3/c1-14(2)22-20(26)13-24(5)21(27)11-10-19-15(3)23-25(16(19)4)17-8-7-9-18(12-17)28-6/h7-9,12,14H,10-11,13H2,1-6H3,(H,22,26). The molecule has 0 spiro atoms. The van der Waals surface area contributed by atoms with Gasteiger partial charge in [0.05, 0.1) is 25.0 Å². The molecule has 152 valence electrons. The summed E-state index contributed by atoms with van der Waals surface area (Å²) in [6.45, 7) is 7.80. The zero-order chi connectivity index (χ0) is 20.8. The molecule has 2 amide bonds. The van der Waals surface area contributed by atoms with Crippen molar-refractivity contribution in [2.75, 3.05) is 20.7 Å². The van der Waals surface area contributed by atoms with E-state index in [1.165, 1.54) is 4.90 Å². The van der Waals surface area contributed by atoms with Crippen LogP contribution >= 0.6 is 0 Å². The summed E-state index contributed by atoms with van der Waals surface area (Å²) in [6, 6.07) is 7.77. The van der Waals surface area contributed by atoms with E-state index < -0.39 is 0 Å². The van der Waals surface area contributed by atoms with Crippen molar-refractivity contribution in [2.24, 2.45) is 0 Å². The molecule has 0 unspecified atom stereocenters. The van der Waals surface area contributed by atoms with Gasteiger partial charge in [0, 0.05) is 31.3 Å². The summed E-state index contributed by atoms with van der Waals surface area (Å²) < 4.78 is 7.16. The lowest BCUT2D eigenvalue weighted by Crippen LogP contribution is -2.40. The molecule has 7 heteroatoms. The topological polar surface area (TPSA) is 76.5 Å². The van der Waals surface area contributed by atoms with Gasteiger partial charge in [0.15, 0.2) is 0 Å². The van der Waals surface area contributed by atoms with Gasteiger partial charge in [-0.05, 0) is 51.8 Å². The average molecular weight is 386 g/mol. The Kier molecular flexibility index (Phi) is 7.20. The van der Waals surface area contributed by atoms with Crippen LogP contribution in [0.25, 0.3) is 5.69 Å². The number of amides is 2. The molecule has 0 fully saturated rings. The maximum atomic E-state index is 12.4. The Hall–Kier alpha value is -2.83. The molecular formula is C21H30N4O3. The second kappa shape index (κ2) is 9.39. The highest BCUT2D eigenvalue weighted by atomic mass is 16.5. The minimum absolute atomic E-state index is 0.0590. The largest absolute Gasteiger partial charge is 0.497 e. The molecule has 0 bridgehead atoms. The van der Waals surface area contributed by atoms with Crippen molar-refractivity contribution in [3.63, 3.8) is 0 Å². The van der Waals surface area contributed by atoms with Crippen molar-refractivity contribution in [2.45, 2.75) is 46.6 Å². The van der Waals surface area contributed by atoms with Gasteiger partial charge in [0.25, 0.3) is 0 Å². The van der Waals surface area contributed by atoms with E-state index >= 15 is 0 Å². The number of aryl methyl sites for hydroxylation is 1. The van der Waals surface area contributed by atoms with Crippen LogP contribution < -0.4 is 10.1 Å². The highest BCUT2D eigenvalue weighted by Gasteiger charge is 2.17. The normalized spacial score (nSPS) is 10.8. The number of nitrogens with zero attached hydrogens (tertiary/aromatic N) is 3. The molecule has 0 radical (unpaired) electrons. The van der Waals surface area contributed by atoms with Crippen molar-refractivity contribution in [3.8, 4) is 11.4 Å². The Morgan fingerprint density at radius 1 is 1.29 bits per heavy atom. The predicted octanol–water partition coefficient (Wildman–Crippen LogP) is 2.41. The molecule has 28 heavy (non-hydrogen) atoms. The van der Waals surface area contributed by atoms with E-state index in [0.29, 0.717) is 12.8 Å². The SMILES string of the molecule is COc1cccc(-n2nc(C)c(CCC(=O)N(C)CC(=O)NC(C)C)c2C)c1. The van der Waals surface area contributed by atoms with Crippen LogP contribution in [-0.4, -0.2) is 53.2 Å². The van der Waals surface area contributed by atoms with Gasteiger partial charge < -0.3 is 15.0 Å². The maximum Gasteiger partial charge on any atom is 0.239 e. The summed E-state index contributed by atoms with van der Waals surface area (Å²) in [5, 5.41) is 7.43. The number of rotatable bonds is 8. The van der Waals surface area contributed by atoms with Crippen molar-refractivity contribution in [1.82, 2.24) is 20.0 Å². The number of ether oxygens (including phenoxy) is 1. The fraction of sp³-hybridized carbons (Fsp3) is 0.476. The molecule has 1 heterocycles. The van der Waals surface area contributed by atoms with Crippen LogP contribution in [0.3, 0.4) is 0 Å². The van der Waals surface area contributed by atoms with Crippen LogP contribution in [-0.2, 0) is 16.0 Å². The number of hydrogen-bond donors (Lipinski definition) is 1. The first-order chi connectivity index (χ1) is 13.2. The van der Waals surface area contributed by atoms with E-state index in [-0.39, 0.29) is 24.4 Å².